The molecule has 6 fully saturated rings. The van der Waals surface area contributed by atoms with Gasteiger partial charge in [-0.1, -0.05) is 27.7 Å². The molecule has 0 bridgehead atoms. The summed E-state index contributed by atoms with van der Waals surface area (Å²) in [5.74, 6) is 3.04. The Morgan fingerprint density at radius 3 is 2.12 bits per heavy atom. The Balaban J connectivity index is 1.25. The van der Waals surface area contributed by atoms with E-state index in [2.05, 4.69) is 27.7 Å². The summed E-state index contributed by atoms with van der Waals surface area (Å²) in [6.45, 7) is 14.8. The molecule has 5 aliphatic carbocycles. The van der Waals surface area contributed by atoms with Crippen LogP contribution in [-0.4, -0.2) is 34.6 Å². The van der Waals surface area contributed by atoms with Gasteiger partial charge < -0.3 is 14.9 Å². The van der Waals surface area contributed by atoms with Crippen molar-refractivity contribution in [1.82, 2.24) is 0 Å². The van der Waals surface area contributed by atoms with Crippen LogP contribution >= 0.6 is 0 Å². The van der Waals surface area contributed by atoms with Crippen molar-refractivity contribution >= 4 is 0 Å². The summed E-state index contributed by atoms with van der Waals surface area (Å²) in [6.07, 6.45) is 14.2. The molecule has 0 amide bonds. The predicted octanol–water partition coefficient (Wildman–Crippen LogP) is 6.35. The minimum atomic E-state index is -0.726. The van der Waals surface area contributed by atoms with Gasteiger partial charge in [-0.15, -0.1) is 0 Å². The van der Waals surface area contributed by atoms with Crippen molar-refractivity contribution in [2.75, 3.05) is 6.61 Å². The van der Waals surface area contributed by atoms with Crippen LogP contribution in [0.3, 0.4) is 0 Å². The van der Waals surface area contributed by atoms with Gasteiger partial charge in [-0.25, -0.2) is 0 Å². The van der Waals surface area contributed by atoms with Gasteiger partial charge >= 0.3 is 0 Å². The molecule has 2 spiro atoms. The second-order valence-electron chi connectivity index (χ2n) is 15.3. The summed E-state index contributed by atoms with van der Waals surface area (Å²) in [4.78, 5) is 0. The van der Waals surface area contributed by atoms with E-state index in [-0.39, 0.29) is 17.6 Å². The third-order valence-electron chi connectivity index (χ3n) is 13.8. The molecule has 0 aromatic carbocycles. The first kappa shape index (κ1) is 23.3. The van der Waals surface area contributed by atoms with Crippen LogP contribution in [0.5, 0.6) is 0 Å². The Bertz CT molecular complexity index is 806. The lowest BCUT2D eigenvalue weighted by Gasteiger charge is -2.63. The Morgan fingerprint density at radius 2 is 1.45 bits per heavy atom. The van der Waals surface area contributed by atoms with E-state index >= 15 is 0 Å². The number of ether oxygens (including phenoxy) is 1. The van der Waals surface area contributed by atoms with Gasteiger partial charge in [0.15, 0.2) is 0 Å². The lowest BCUT2D eigenvalue weighted by atomic mass is 9.41. The highest BCUT2D eigenvalue weighted by Crippen LogP contribution is 2.89. The van der Waals surface area contributed by atoms with E-state index < -0.39 is 5.60 Å². The fraction of sp³-hybridized carbons (Fsp3) is 1.00. The molecular formula is C30H50O3. The maximum atomic E-state index is 10.9. The van der Waals surface area contributed by atoms with E-state index in [0.29, 0.717) is 27.6 Å². The zero-order valence-corrected chi connectivity index (χ0v) is 22.3. The van der Waals surface area contributed by atoms with E-state index in [4.69, 9.17) is 4.74 Å². The minimum Gasteiger partial charge on any atom is -0.393 e. The molecule has 0 radical (unpaired) electrons. The van der Waals surface area contributed by atoms with E-state index in [9.17, 15) is 10.2 Å². The summed E-state index contributed by atoms with van der Waals surface area (Å²) in [5.41, 5.74) is 1.36. The molecule has 188 valence electrons. The van der Waals surface area contributed by atoms with Crippen LogP contribution in [-0.2, 0) is 4.74 Å². The molecule has 3 nitrogen and oxygen atoms in total. The highest BCUT2D eigenvalue weighted by molar-refractivity contribution is 5.30. The van der Waals surface area contributed by atoms with Crippen LogP contribution in [0.4, 0.5) is 0 Å². The number of hydrogen-bond donors (Lipinski definition) is 2. The van der Waals surface area contributed by atoms with Crippen LogP contribution in [0, 0.1) is 50.7 Å². The molecule has 0 aromatic rings. The molecule has 0 aromatic heterocycles. The molecule has 1 saturated heterocycles. The van der Waals surface area contributed by atoms with Crippen molar-refractivity contribution in [1.29, 1.82) is 0 Å². The number of aliphatic hydroxyl groups excluding tert-OH is 1. The Morgan fingerprint density at radius 1 is 0.758 bits per heavy atom. The minimum absolute atomic E-state index is 0.00410. The number of fused-ring (bicyclic) bond motifs is 2. The third-order valence-corrected chi connectivity index (χ3v) is 13.8. The number of rotatable bonds is 2. The van der Waals surface area contributed by atoms with Crippen molar-refractivity contribution < 1.29 is 14.9 Å². The van der Waals surface area contributed by atoms with E-state index in [0.717, 1.165) is 37.2 Å². The monoisotopic (exact) mass is 458 g/mol. The van der Waals surface area contributed by atoms with Gasteiger partial charge in [-0.05, 0) is 135 Å². The van der Waals surface area contributed by atoms with Gasteiger partial charge in [-0.3, -0.25) is 0 Å². The first-order valence-corrected chi connectivity index (χ1v) is 14.3. The summed E-state index contributed by atoms with van der Waals surface area (Å²) >= 11 is 0. The molecule has 5 saturated carbocycles. The van der Waals surface area contributed by atoms with Crippen molar-refractivity contribution in [2.24, 2.45) is 50.7 Å². The zero-order chi connectivity index (χ0) is 23.7. The van der Waals surface area contributed by atoms with Crippen molar-refractivity contribution in [3.05, 3.63) is 0 Å². The van der Waals surface area contributed by atoms with E-state index in [1.165, 1.54) is 57.8 Å². The highest BCUT2D eigenvalue weighted by Gasteiger charge is 2.82. The Kier molecular flexibility index (Phi) is 4.80. The summed E-state index contributed by atoms with van der Waals surface area (Å²) in [6, 6.07) is 0. The highest BCUT2D eigenvalue weighted by atomic mass is 16.5. The van der Waals surface area contributed by atoms with Crippen LogP contribution < -0.4 is 0 Å². The molecule has 3 heteroatoms. The van der Waals surface area contributed by atoms with E-state index in [1.807, 2.05) is 13.8 Å². The molecule has 2 N–H and O–H groups in total. The van der Waals surface area contributed by atoms with Crippen LogP contribution in [0.2, 0.25) is 0 Å². The molecular weight excluding hydrogens is 408 g/mol. The Hall–Kier alpha value is -0.120. The lowest BCUT2D eigenvalue weighted by Crippen LogP contribution is -2.58. The van der Waals surface area contributed by atoms with Crippen molar-refractivity contribution in [2.45, 2.75) is 130 Å². The maximum absolute atomic E-state index is 10.9. The summed E-state index contributed by atoms with van der Waals surface area (Å²) in [7, 11) is 0. The predicted molar refractivity (Wildman–Crippen MR) is 132 cm³/mol. The van der Waals surface area contributed by atoms with Gasteiger partial charge in [0.25, 0.3) is 0 Å². The Labute approximate surface area is 202 Å². The maximum Gasteiger partial charge on any atom is 0.0856 e. The van der Waals surface area contributed by atoms with Crippen LogP contribution in [0.15, 0.2) is 0 Å². The molecule has 1 aliphatic heterocycles. The second kappa shape index (κ2) is 6.80. The van der Waals surface area contributed by atoms with Gasteiger partial charge in [0.1, 0.15) is 0 Å². The number of hydrogen-bond acceptors (Lipinski definition) is 3. The average Bonchev–Trinajstić information content (AvgIpc) is 3.33. The standard InChI is InChI=1S/C30H50O3/c1-25(2)21-8-9-22-28(6)13-11-20(19-7-10-24(33-17-19)26(3,4)32)27(28,5)15-16-30(22)18-29(21,30)14-12-23(25)31/h19-24,31-32H,7-18H2,1-6H3/t19-,20+,21-,22-,23+,24-,27+,28-,29+,30-/m0/s1. The third kappa shape index (κ3) is 2.74. The second-order valence-corrected chi connectivity index (χ2v) is 15.3. The molecule has 6 rings (SSSR count). The van der Waals surface area contributed by atoms with Gasteiger partial charge in [0, 0.05) is 0 Å². The largest absolute Gasteiger partial charge is 0.393 e. The topological polar surface area (TPSA) is 49.7 Å². The molecule has 1 heterocycles. The zero-order valence-electron chi connectivity index (χ0n) is 22.3. The quantitative estimate of drug-likeness (QED) is 0.507. The summed E-state index contributed by atoms with van der Waals surface area (Å²) in [5, 5.41) is 21.3. The smallest absolute Gasteiger partial charge is 0.0856 e. The van der Waals surface area contributed by atoms with E-state index in [1.54, 1.807) is 0 Å². The first-order valence-electron chi connectivity index (χ1n) is 14.3. The first-order chi connectivity index (χ1) is 15.3. The fourth-order valence-corrected chi connectivity index (χ4v) is 11.8. The van der Waals surface area contributed by atoms with Gasteiger partial charge in [0.2, 0.25) is 0 Å². The molecule has 0 unspecified atom stereocenters. The molecule has 33 heavy (non-hydrogen) atoms. The van der Waals surface area contributed by atoms with Gasteiger partial charge in [0.05, 0.1) is 24.4 Å². The fourth-order valence-electron chi connectivity index (χ4n) is 11.8. The average molecular weight is 459 g/mol. The molecule has 10 atom stereocenters. The lowest BCUT2D eigenvalue weighted by molar-refractivity contribution is -0.172. The van der Waals surface area contributed by atoms with Gasteiger partial charge in [-0.2, -0.15) is 0 Å². The SMILES string of the molecule is CC(C)(O)[C@@H]1CC[C@H]([C@H]2CC[C@@]3(C)[C@@H]4CC[C@H]5C(C)(C)[C@H](O)CC[C@@]56C[C@@]46CC[C@]23C)CO1. The van der Waals surface area contributed by atoms with Crippen LogP contribution in [0.25, 0.3) is 0 Å². The van der Waals surface area contributed by atoms with Crippen LogP contribution in [0.1, 0.15) is 112 Å². The normalized spacial score (nSPS) is 57.5. The van der Waals surface area contributed by atoms with Crippen molar-refractivity contribution in [3.63, 3.8) is 0 Å². The number of aliphatic hydroxyl groups is 2. The van der Waals surface area contributed by atoms with Crippen molar-refractivity contribution in [3.8, 4) is 0 Å². The molecule has 6 aliphatic rings. The summed E-state index contributed by atoms with van der Waals surface area (Å²) < 4.78 is 6.29.